The highest BCUT2D eigenvalue weighted by molar-refractivity contribution is 6.31. The van der Waals surface area contributed by atoms with E-state index >= 15 is 0 Å². The number of fused-ring (bicyclic) bond motifs is 1. The van der Waals surface area contributed by atoms with E-state index in [4.69, 9.17) is 11.6 Å². The van der Waals surface area contributed by atoms with E-state index in [0.29, 0.717) is 42.6 Å². The normalized spacial score (nSPS) is 16.7. The number of benzene rings is 1. The van der Waals surface area contributed by atoms with Crippen molar-refractivity contribution in [3.8, 4) is 0 Å². The third kappa shape index (κ3) is 3.95. The zero-order valence-electron chi connectivity index (χ0n) is 15.7. The van der Waals surface area contributed by atoms with E-state index in [1.165, 1.54) is 6.07 Å². The van der Waals surface area contributed by atoms with Crippen molar-refractivity contribution in [1.82, 2.24) is 14.9 Å². The van der Waals surface area contributed by atoms with E-state index in [9.17, 15) is 23.1 Å². The highest BCUT2D eigenvalue weighted by Gasteiger charge is 2.33. The minimum absolute atomic E-state index is 0.424. The molecule has 1 unspecified atom stereocenters. The molecule has 6 nitrogen and oxygen atoms in total. The predicted molar refractivity (Wildman–Crippen MR) is 107 cm³/mol. The Balaban J connectivity index is 1.51. The molecule has 0 spiro atoms. The lowest BCUT2D eigenvalue weighted by molar-refractivity contribution is -0.143. The molecule has 3 heterocycles. The van der Waals surface area contributed by atoms with Gasteiger partial charge in [0.1, 0.15) is 11.9 Å². The number of hydrogen-bond acceptors (Lipinski definition) is 4. The molecule has 4 rings (SSSR count). The fourth-order valence-electron chi connectivity index (χ4n) is 3.78. The van der Waals surface area contributed by atoms with Crippen LogP contribution in [0.5, 0.6) is 0 Å². The molecule has 0 saturated carbocycles. The second-order valence-corrected chi connectivity index (χ2v) is 7.54. The van der Waals surface area contributed by atoms with Crippen molar-refractivity contribution in [3.63, 3.8) is 0 Å². The van der Waals surface area contributed by atoms with Crippen molar-refractivity contribution < 1.29 is 23.1 Å². The van der Waals surface area contributed by atoms with E-state index in [1.54, 1.807) is 24.4 Å². The standard InChI is InChI=1S/C20H18ClF3N4O2/c21-13-2-3-16-14(9-13)15(11-25-16)18(19(29)30)28-7-5-27(6-8-28)17-4-1-12(10-26-17)20(22,23)24/h1-4,9-11,18,25H,5-8H2,(H,29,30). The lowest BCUT2D eigenvalue weighted by atomic mass is 10.0. The minimum atomic E-state index is -4.43. The van der Waals surface area contributed by atoms with Gasteiger partial charge in [0.05, 0.1) is 5.56 Å². The molecule has 2 aromatic heterocycles. The van der Waals surface area contributed by atoms with E-state index in [1.807, 2.05) is 9.80 Å². The summed E-state index contributed by atoms with van der Waals surface area (Å²) in [4.78, 5) is 22.8. The van der Waals surface area contributed by atoms with Crippen LogP contribution in [0.2, 0.25) is 5.02 Å². The van der Waals surface area contributed by atoms with Gasteiger partial charge in [-0.2, -0.15) is 13.2 Å². The molecule has 0 aliphatic carbocycles. The van der Waals surface area contributed by atoms with Crippen molar-refractivity contribution in [2.24, 2.45) is 0 Å². The van der Waals surface area contributed by atoms with Crippen molar-refractivity contribution in [1.29, 1.82) is 0 Å². The molecule has 3 aromatic rings. The first-order valence-corrected chi connectivity index (χ1v) is 9.63. The number of nitrogens with zero attached hydrogens (tertiary/aromatic N) is 3. The van der Waals surface area contributed by atoms with E-state index in [2.05, 4.69) is 9.97 Å². The molecule has 10 heteroatoms. The first kappa shape index (κ1) is 20.5. The Morgan fingerprint density at radius 2 is 1.90 bits per heavy atom. The summed E-state index contributed by atoms with van der Waals surface area (Å²) in [6.45, 7) is 1.75. The van der Waals surface area contributed by atoms with Gasteiger partial charge in [0.25, 0.3) is 0 Å². The Labute approximate surface area is 174 Å². The lowest BCUT2D eigenvalue weighted by Crippen LogP contribution is -2.49. The molecule has 1 fully saturated rings. The van der Waals surface area contributed by atoms with Crippen molar-refractivity contribution in [2.75, 3.05) is 31.1 Å². The summed E-state index contributed by atoms with van der Waals surface area (Å²) >= 11 is 6.08. The molecule has 1 aliphatic heterocycles. The molecule has 0 radical (unpaired) electrons. The summed E-state index contributed by atoms with van der Waals surface area (Å²) in [5.74, 6) is -0.537. The second kappa shape index (κ2) is 7.81. The average molecular weight is 439 g/mol. The summed E-state index contributed by atoms with van der Waals surface area (Å²) < 4.78 is 38.2. The molecule has 1 aromatic carbocycles. The maximum atomic E-state index is 12.7. The third-order valence-corrected chi connectivity index (χ3v) is 5.52. The number of anilines is 1. The van der Waals surface area contributed by atoms with Crippen molar-refractivity contribution >= 4 is 34.3 Å². The number of aliphatic carboxylic acids is 1. The van der Waals surface area contributed by atoms with Crippen LogP contribution in [0.25, 0.3) is 10.9 Å². The molecule has 1 saturated heterocycles. The van der Waals surface area contributed by atoms with Crippen LogP contribution in [0.4, 0.5) is 19.0 Å². The molecule has 158 valence electrons. The second-order valence-electron chi connectivity index (χ2n) is 7.10. The Kier molecular flexibility index (Phi) is 5.33. The van der Waals surface area contributed by atoms with Crippen LogP contribution in [0.1, 0.15) is 17.2 Å². The number of rotatable bonds is 4. The number of pyridine rings is 1. The summed E-state index contributed by atoms with van der Waals surface area (Å²) in [5, 5.41) is 11.2. The number of alkyl halides is 3. The summed E-state index contributed by atoms with van der Waals surface area (Å²) in [5.41, 5.74) is 0.628. The number of carbonyl (C=O) groups is 1. The van der Waals surface area contributed by atoms with Gasteiger partial charge in [-0.15, -0.1) is 0 Å². The van der Waals surface area contributed by atoms with Crippen molar-refractivity contribution in [2.45, 2.75) is 12.2 Å². The highest BCUT2D eigenvalue weighted by Crippen LogP contribution is 2.32. The monoisotopic (exact) mass is 438 g/mol. The quantitative estimate of drug-likeness (QED) is 0.639. The van der Waals surface area contributed by atoms with Crippen LogP contribution in [-0.4, -0.2) is 52.1 Å². The fraction of sp³-hybridized carbons (Fsp3) is 0.300. The fourth-order valence-corrected chi connectivity index (χ4v) is 3.95. The lowest BCUT2D eigenvalue weighted by Gasteiger charge is -2.38. The molecule has 1 atom stereocenters. The number of hydrogen-bond donors (Lipinski definition) is 2. The van der Waals surface area contributed by atoms with E-state index in [0.717, 1.165) is 23.2 Å². The van der Waals surface area contributed by atoms with E-state index < -0.39 is 23.8 Å². The van der Waals surface area contributed by atoms with Gasteiger partial charge in [-0.25, -0.2) is 4.98 Å². The van der Waals surface area contributed by atoms with Gasteiger partial charge in [-0.05, 0) is 30.3 Å². The van der Waals surface area contributed by atoms with Crippen LogP contribution in [-0.2, 0) is 11.0 Å². The van der Waals surface area contributed by atoms with Gasteiger partial charge >= 0.3 is 12.1 Å². The topological polar surface area (TPSA) is 72.5 Å². The zero-order chi connectivity index (χ0) is 21.5. The van der Waals surface area contributed by atoms with E-state index in [-0.39, 0.29) is 0 Å². The number of piperazine rings is 1. The summed E-state index contributed by atoms with van der Waals surface area (Å²) in [6, 6.07) is 6.75. The SMILES string of the molecule is O=C(O)C(c1c[nH]c2ccc(Cl)cc12)N1CCN(c2ccc(C(F)(F)F)cn2)CC1. The third-order valence-electron chi connectivity index (χ3n) is 5.28. The van der Waals surface area contributed by atoms with Crippen LogP contribution in [0, 0.1) is 0 Å². The number of carboxylic acids is 1. The van der Waals surface area contributed by atoms with Gasteiger partial charge in [-0.1, -0.05) is 11.6 Å². The first-order valence-electron chi connectivity index (χ1n) is 9.25. The van der Waals surface area contributed by atoms with Gasteiger partial charge in [0.2, 0.25) is 0 Å². The molecule has 30 heavy (non-hydrogen) atoms. The van der Waals surface area contributed by atoms with Crippen LogP contribution >= 0.6 is 11.6 Å². The molecule has 0 bridgehead atoms. The Morgan fingerprint density at radius 3 is 2.50 bits per heavy atom. The molecule has 1 aliphatic rings. The van der Waals surface area contributed by atoms with Gasteiger partial charge in [0.15, 0.2) is 0 Å². The summed E-state index contributed by atoms with van der Waals surface area (Å²) in [6.07, 6.45) is -1.93. The highest BCUT2D eigenvalue weighted by atomic mass is 35.5. The maximum Gasteiger partial charge on any atom is 0.417 e. The number of carboxylic acid groups (broad SMARTS) is 1. The number of aromatic nitrogens is 2. The van der Waals surface area contributed by atoms with Gasteiger partial charge in [0, 0.05) is 60.1 Å². The Bertz CT molecular complexity index is 1060. The zero-order valence-corrected chi connectivity index (χ0v) is 16.4. The van der Waals surface area contributed by atoms with Crippen LogP contribution < -0.4 is 4.90 Å². The Morgan fingerprint density at radius 1 is 1.17 bits per heavy atom. The maximum absolute atomic E-state index is 12.7. The number of aromatic amines is 1. The van der Waals surface area contributed by atoms with Crippen LogP contribution in [0.3, 0.4) is 0 Å². The number of H-pyrrole nitrogens is 1. The largest absolute Gasteiger partial charge is 0.480 e. The van der Waals surface area contributed by atoms with Crippen molar-refractivity contribution in [3.05, 3.63) is 58.9 Å². The molecular weight excluding hydrogens is 421 g/mol. The summed E-state index contributed by atoms with van der Waals surface area (Å²) in [7, 11) is 0. The average Bonchev–Trinajstić information content (AvgIpc) is 3.11. The number of halogens is 4. The van der Waals surface area contributed by atoms with Crippen LogP contribution in [0.15, 0.2) is 42.7 Å². The minimum Gasteiger partial charge on any atom is -0.480 e. The Hall–Kier alpha value is -2.78. The molecular formula is C20H18ClF3N4O2. The number of nitrogens with one attached hydrogen (secondary N) is 1. The van der Waals surface area contributed by atoms with Gasteiger partial charge in [-0.3, -0.25) is 9.69 Å². The van der Waals surface area contributed by atoms with Gasteiger partial charge < -0.3 is 15.0 Å². The first-order chi connectivity index (χ1) is 14.2. The predicted octanol–water partition coefficient (Wildman–Crippen LogP) is 4.18. The smallest absolute Gasteiger partial charge is 0.417 e. The molecule has 2 N–H and O–H groups in total. The molecule has 0 amide bonds.